The normalized spacial score (nSPS) is 9.93. The zero-order valence-electron chi connectivity index (χ0n) is 7.34. The van der Waals surface area contributed by atoms with E-state index in [1.165, 1.54) is 10.9 Å². The quantitative estimate of drug-likeness (QED) is 0.663. The van der Waals surface area contributed by atoms with Gasteiger partial charge in [0.15, 0.2) is 0 Å². The highest BCUT2D eigenvalue weighted by molar-refractivity contribution is 5.77. The number of nitriles is 1. The fourth-order valence-corrected chi connectivity index (χ4v) is 1.35. The number of fused-ring (bicyclic) bond motifs is 1. The highest BCUT2D eigenvalue weighted by atomic mass is 16.1. The molecule has 68 valence electrons. The molecule has 0 bridgehead atoms. The van der Waals surface area contributed by atoms with Crippen LogP contribution in [-0.2, 0) is 6.54 Å². The van der Waals surface area contributed by atoms with E-state index in [0.717, 1.165) is 0 Å². The molecule has 2 aromatic rings. The fraction of sp³-hybridized carbons (Fsp3) is 0.100. The summed E-state index contributed by atoms with van der Waals surface area (Å²) in [6.07, 6.45) is 1.24. The van der Waals surface area contributed by atoms with Gasteiger partial charge >= 0.3 is 0 Å². The zero-order valence-corrected chi connectivity index (χ0v) is 7.34. The SMILES string of the molecule is N#CCn1ncc(=O)c2ccccc21. The molecule has 0 aliphatic carbocycles. The minimum absolute atomic E-state index is 0.116. The molecular weight excluding hydrogens is 178 g/mol. The lowest BCUT2D eigenvalue weighted by Crippen LogP contribution is -2.11. The second-order valence-corrected chi connectivity index (χ2v) is 2.84. The van der Waals surface area contributed by atoms with Crippen LogP contribution in [0.3, 0.4) is 0 Å². The maximum Gasteiger partial charge on any atom is 0.207 e. The molecule has 1 heterocycles. The lowest BCUT2D eigenvalue weighted by molar-refractivity contribution is 0.717. The van der Waals surface area contributed by atoms with Crippen molar-refractivity contribution in [3.05, 3.63) is 40.7 Å². The van der Waals surface area contributed by atoms with Crippen LogP contribution in [0.2, 0.25) is 0 Å². The van der Waals surface area contributed by atoms with Gasteiger partial charge in [-0.1, -0.05) is 12.1 Å². The Morgan fingerprint density at radius 3 is 3.00 bits per heavy atom. The van der Waals surface area contributed by atoms with Crippen LogP contribution in [0.5, 0.6) is 0 Å². The Labute approximate surface area is 80.0 Å². The van der Waals surface area contributed by atoms with Crippen LogP contribution in [0, 0.1) is 11.3 Å². The molecule has 0 radical (unpaired) electrons. The Hall–Kier alpha value is -2.15. The molecule has 0 spiro atoms. The molecule has 0 N–H and O–H groups in total. The third-order valence-corrected chi connectivity index (χ3v) is 1.98. The molecule has 0 unspecified atom stereocenters. The molecule has 0 saturated heterocycles. The molecule has 14 heavy (non-hydrogen) atoms. The minimum atomic E-state index is -0.116. The van der Waals surface area contributed by atoms with E-state index in [2.05, 4.69) is 5.10 Å². The van der Waals surface area contributed by atoms with Crippen LogP contribution < -0.4 is 5.43 Å². The lowest BCUT2D eigenvalue weighted by Gasteiger charge is -2.03. The summed E-state index contributed by atoms with van der Waals surface area (Å²) in [5, 5.41) is 13.0. The van der Waals surface area contributed by atoms with Gasteiger partial charge in [-0.15, -0.1) is 0 Å². The van der Waals surface area contributed by atoms with Crippen molar-refractivity contribution in [2.75, 3.05) is 0 Å². The molecule has 0 atom stereocenters. The molecule has 0 amide bonds. The topological polar surface area (TPSA) is 58.7 Å². The first-order valence-electron chi connectivity index (χ1n) is 4.15. The predicted molar refractivity (Wildman–Crippen MR) is 51.6 cm³/mol. The van der Waals surface area contributed by atoms with Gasteiger partial charge in [-0.2, -0.15) is 10.4 Å². The van der Waals surface area contributed by atoms with Crippen molar-refractivity contribution >= 4 is 10.9 Å². The molecule has 1 aromatic carbocycles. The maximum atomic E-state index is 11.4. The number of benzene rings is 1. The molecule has 4 heteroatoms. The molecule has 0 saturated carbocycles. The Balaban J connectivity index is 2.83. The van der Waals surface area contributed by atoms with Crippen molar-refractivity contribution in [3.8, 4) is 6.07 Å². The highest BCUT2D eigenvalue weighted by Crippen LogP contribution is 2.06. The number of aromatic nitrogens is 2. The van der Waals surface area contributed by atoms with Crippen LogP contribution in [0.4, 0.5) is 0 Å². The molecule has 2 rings (SSSR count). The molecule has 0 fully saturated rings. The number of hydrogen-bond acceptors (Lipinski definition) is 3. The molecule has 4 nitrogen and oxygen atoms in total. The average Bonchev–Trinajstić information content (AvgIpc) is 2.23. The summed E-state index contributed by atoms with van der Waals surface area (Å²) in [5.41, 5.74) is 0.580. The van der Waals surface area contributed by atoms with Crippen LogP contribution in [0.1, 0.15) is 0 Å². The summed E-state index contributed by atoms with van der Waals surface area (Å²) in [4.78, 5) is 11.4. The van der Waals surface area contributed by atoms with Crippen LogP contribution in [0.15, 0.2) is 35.3 Å². The van der Waals surface area contributed by atoms with Crippen molar-refractivity contribution in [2.45, 2.75) is 6.54 Å². The van der Waals surface area contributed by atoms with Gasteiger partial charge in [0.2, 0.25) is 5.43 Å². The van der Waals surface area contributed by atoms with Gasteiger partial charge < -0.3 is 0 Å². The van der Waals surface area contributed by atoms with Crippen LogP contribution in [-0.4, -0.2) is 9.78 Å². The van der Waals surface area contributed by atoms with E-state index in [-0.39, 0.29) is 12.0 Å². The molecule has 0 aliphatic heterocycles. The number of rotatable bonds is 1. The average molecular weight is 185 g/mol. The van der Waals surface area contributed by atoms with E-state index in [4.69, 9.17) is 5.26 Å². The van der Waals surface area contributed by atoms with Crippen LogP contribution in [0.25, 0.3) is 10.9 Å². The van der Waals surface area contributed by atoms with Crippen LogP contribution >= 0.6 is 0 Å². The third-order valence-electron chi connectivity index (χ3n) is 1.98. The summed E-state index contributed by atoms with van der Waals surface area (Å²) >= 11 is 0. The van der Waals surface area contributed by atoms with E-state index in [1.54, 1.807) is 18.2 Å². The summed E-state index contributed by atoms with van der Waals surface area (Å²) in [7, 11) is 0. The first-order chi connectivity index (χ1) is 6.83. The number of para-hydroxylation sites is 1. The Morgan fingerprint density at radius 2 is 2.21 bits per heavy atom. The van der Waals surface area contributed by atoms with E-state index in [9.17, 15) is 4.79 Å². The van der Waals surface area contributed by atoms with Crippen molar-refractivity contribution in [1.29, 1.82) is 5.26 Å². The van der Waals surface area contributed by atoms with Gasteiger partial charge in [-0.25, -0.2) is 0 Å². The smallest absolute Gasteiger partial charge is 0.207 e. The molecule has 0 aliphatic rings. The first-order valence-corrected chi connectivity index (χ1v) is 4.15. The van der Waals surface area contributed by atoms with E-state index < -0.39 is 0 Å². The van der Waals surface area contributed by atoms with Gasteiger partial charge in [0, 0.05) is 5.39 Å². The van der Waals surface area contributed by atoms with Crippen molar-refractivity contribution in [1.82, 2.24) is 9.78 Å². The second kappa shape index (κ2) is 3.30. The van der Waals surface area contributed by atoms with Gasteiger partial charge in [0.1, 0.15) is 6.54 Å². The van der Waals surface area contributed by atoms with Crippen molar-refractivity contribution in [2.24, 2.45) is 0 Å². The summed E-state index contributed by atoms with van der Waals surface area (Å²) < 4.78 is 1.51. The van der Waals surface area contributed by atoms with Gasteiger partial charge in [0.05, 0.1) is 17.8 Å². The van der Waals surface area contributed by atoms with Gasteiger partial charge in [0.25, 0.3) is 0 Å². The monoisotopic (exact) mass is 185 g/mol. The first kappa shape index (κ1) is 8.45. The summed E-state index contributed by atoms with van der Waals surface area (Å²) in [5.74, 6) is 0. The summed E-state index contributed by atoms with van der Waals surface area (Å²) in [6.45, 7) is 0.154. The Bertz CT molecular complexity index is 565. The van der Waals surface area contributed by atoms with E-state index in [1.807, 2.05) is 12.1 Å². The largest absolute Gasteiger partial charge is 0.287 e. The third kappa shape index (κ3) is 1.25. The van der Waals surface area contributed by atoms with Crippen molar-refractivity contribution < 1.29 is 0 Å². The fourth-order valence-electron chi connectivity index (χ4n) is 1.35. The van der Waals surface area contributed by atoms with E-state index >= 15 is 0 Å². The zero-order chi connectivity index (χ0) is 9.97. The lowest BCUT2D eigenvalue weighted by atomic mass is 10.2. The minimum Gasteiger partial charge on any atom is -0.287 e. The maximum absolute atomic E-state index is 11.4. The predicted octanol–water partition coefficient (Wildman–Crippen LogP) is 0.920. The number of nitrogens with zero attached hydrogens (tertiary/aromatic N) is 3. The van der Waals surface area contributed by atoms with Gasteiger partial charge in [-0.3, -0.25) is 9.48 Å². The Kier molecular flexibility index (Phi) is 1.99. The number of hydrogen-bond donors (Lipinski definition) is 0. The standard InChI is InChI=1S/C10H7N3O/c11-5-6-13-9-4-2-1-3-8(9)10(14)7-12-13/h1-4,7H,6H2. The Morgan fingerprint density at radius 1 is 1.43 bits per heavy atom. The highest BCUT2D eigenvalue weighted by Gasteiger charge is 2.01. The summed E-state index contributed by atoms with van der Waals surface area (Å²) in [6, 6.07) is 9.11. The second-order valence-electron chi connectivity index (χ2n) is 2.84. The molecule has 1 aromatic heterocycles. The van der Waals surface area contributed by atoms with Crippen molar-refractivity contribution in [3.63, 3.8) is 0 Å². The van der Waals surface area contributed by atoms with Gasteiger partial charge in [-0.05, 0) is 12.1 Å². The molecular formula is C10H7N3O. The van der Waals surface area contributed by atoms with E-state index in [0.29, 0.717) is 10.9 Å².